The van der Waals surface area contributed by atoms with Crippen LogP contribution in [0.25, 0.3) is 11.0 Å². The molecule has 3 aromatic rings. The van der Waals surface area contributed by atoms with Crippen LogP contribution >= 0.6 is 0 Å². The topological polar surface area (TPSA) is 59.8 Å². The lowest BCUT2D eigenvalue weighted by Crippen LogP contribution is -2.22. The summed E-state index contributed by atoms with van der Waals surface area (Å²) in [6.07, 6.45) is 0. The first-order valence-corrected chi connectivity index (χ1v) is 7.34. The summed E-state index contributed by atoms with van der Waals surface area (Å²) in [5.74, 6) is -0.102. The third kappa shape index (κ3) is 2.83. The molecule has 0 fully saturated rings. The maximum atomic E-state index is 12.3. The number of rotatable bonds is 4. The van der Waals surface area contributed by atoms with Gasteiger partial charge < -0.3 is 5.32 Å². The number of fused-ring (bicyclic) bond motifs is 1. The molecular formula is C17H18N4O. The Morgan fingerprint density at radius 3 is 2.86 bits per heavy atom. The summed E-state index contributed by atoms with van der Waals surface area (Å²) in [6, 6.07) is 13.6. The lowest BCUT2D eigenvalue weighted by Gasteiger charge is -2.06. The molecule has 5 heteroatoms. The Hall–Kier alpha value is -2.69. The Labute approximate surface area is 129 Å². The fraction of sp³-hybridized carbons (Fsp3) is 0.235. The molecule has 0 spiro atoms. The summed E-state index contributed by atoms with van der Waals surface area (Å²) in [4.78, 5) is 12.3. The highest BCUT2D eigenvalue weighted by molar-refractivity contribution is 5.97. The van der Waals surface area contributed by atoms with Gasteiger partial charge in [-0.15, -0.1) is 5.10 Å². The SMILES string of the molecule is CCn1nnc2cc(C(=O)NCc3cccc(C)c3)ccc21. The maximum Gasteiger partial charge on any atom is 0.251 e. The van der Waals surface area contributed by atoms with Crippen LogP contribution in [0.2, 0.25) is 0 Å². The standard InChI is InChI=1S/C17H18N4O/c1-3-21-16-8-7-14(10-15(16)19-20-21)17(22)18-11-13-6-4-5-12(2)9-13/h4-10H,3,11H2,1-2H3,(H,18,22). The molecule has 1 aromatic heterocycles. The third-order valence-electron chi connectivity index (χ3n) is 3.61. The summed E-state index contributed by atoms with van der Waals surface area (Å²) in [5, 5.41) is 11.1. The zero-order valence-electron chi connectivity index (χ0n) is 12.7. The van der Waals surface area contributed by atoms with Crippen molar-refractivity contribution in [2.24, 2.45) is 0 Å². The first-order valence-electron chi connectivity index (χ1n) is 7.34. The fourth-order valence-corrected chi connectivity index (χ4v) is 2.45. The highest BCUT2D eigenvalue weighted by Crippen LogP contribution is 2.13. The van der Waals surface area contributed by atoms with Gasteiger partial charge in [-0.2, -0.15) is 0 Å². The number of aryl methyl sites for hydroxylation is 2. The lowest BCUT2D eigenvalue weighted by atomic mass is 10.1. The van der Waals surface area contributed by atoms with Gasteiger partial charge in [-0.3, -0.25) is 4.79 Å². The fourth-order valence-electron chi connectivity index (χ4n) is 2.45. The van der Waals surface area contributed by atoms with E-state index in [2.05, 4.69) is 21.7 Å². The smallest absolute Gasteiger partial charge is 0.251 e. The van der Waals surface area contributed by atoms with E-state index in [4.69, 9.17) is 0 Å². The number of carbonyl (C=O) groups excluding carboxylic acids is 1. The van der Waals surface area contributed by atoms with Crippen LogP contribution in [0.4, 0.5) is 0 Å². The number of nitrogens with zero attached hydrogens (tertiary/aromatic N) is 3. The van der Waals surface area contributed by atoms with Crippen molar-refractivity contribution in [2.45, 2.75) is 26.9 Å². The molecule has 0 unspecified atom stereocenters. The lowest BCUT2D eigenvalue weighted by molar-refractivity contribution is 0.0951. The number of hydrogen-bond donors (Lipinski definition) is 1. The van der Waals surface area contributed by atoms with Gasteiger partial charge in [-0.05, 0) is 37.6 Å². The molecule has 112 valence electrons. The number of nitrogens with one attached hydrogen (secondary N) is 1. The molecule has 0 radical (unpaired) electrons. The van der Waals surface area contributed by atoms with E-state index in [9.17, 15) is 4.79 Å². The van der Waals surface area contributed by atoms with Crippen LogP contribution in [0.3, 0.4) is 0 Å². The van der Waals surface area contributed by atoms with Gasteiger partial charge in [0, 0.05) is 18.7 Å². The Bertz CT molecular complexity index is 822. The van der Waals surface area contributed by atoms with Crippen molar-refractivity contribution in [3.05, 3.63) is 59.2 Å². The minimum Gasteiger partial charge on any atom is -0.348 e. The van der Waals surface area contributed by atoms with E-state index in [0.717, 1.165) is 23.1 Å². The average molecular weight is 294 g/mol. The molecule has 0 aliphatic rings. The molecule has 3 rings (SSSR count). The van der Waals surface area contributed by atoms with E-state index in [-0.39, 0.29) is 5.91 Å². The minimum atomic E-state index is -0.102. The van der Waals surface area contributed by atoms with Gasteiger partial charge in [0.05, 0.1) is 5.52 Å². The van der Waals surface area contributed by atoms with Gasteiger partial charge in [-0.1, -0.05) is 35.0 Å². The zero-order chi connectivity index (χ0) is 15.5. The predicted molar refractivity (Wildman–Crippen MR) is 85.6 cm³/mol. The molecule has 0 aliphatic heterocycles. The van der Waals surface area contributed by atoms with E-state index in [0.29, 0.717) is 12.1 Å². The largest absolute Gasteiger partial charge is 0.348 e. The van der Waals surface area contributed by atoms with Crippen molar-refractivity contribution in [3.63, 3.8) is 0 Å². The van der Waals surface area contributed by atoms with Crippen LogP contribution in [-0.4, -0.2) is 20.9 Å². The van der Waals surface area contributed by atoms with Crippen LogP contribution in [0.1, 0.15) is 28.4 Å². The number of benzene rings is 2. The molecular weight excluding hydrogens is 276 g/mol. The van der Waals surface area contributed by atoms with Crippen LogP contribution in [0.15, 0.2) is 42.5 Å². The second-order valence-corrected chi connectivity index (χ2v) is 5.28. The molecule has 5 nitrogen and oxygen atoms in total. The molecule has 0 saturated carbocycles. The highest BCUT2D eigenvalue weighted by Gasteiger charge is 2.09. The number of amides is 1. The monoisotopic (exact) mass is 294 g/mol. The first kappa shape index (κ1) is 14.3. The zero-order valence-corrected chi connectivity index (χ0v) is 12.7. The molecule has 1 heterocycles. The van der Waals surface area contributed by atoms with Gasteiger partial charge in [0.1, 0.15) is 5.52 Å². The van der Waals surface area contributed by atoms with E-state index >= 15 is 0 Å². The van der Waals surface area contributed by atoms with Gasteiger partial charge in [0.25, 0.3) is 5.91 Å². The number of carbonyl (C=O) groups is 1. The summed E-state index contributed by atoms with van der Waals surface area (Å²) >= 11 is 0. The second kappa shape index (κ2) is 5.97. The van der Waals surface area contributed by atoms with Crippen LogP contribution in [0.5, 0.6) is 0 Å². The summed E-state index contributed by atoms with van der Waals surface area (Å²) in [6.45, 7) is 5.32. The highest BCUT2D eigenvalue weighted by atomic mass is 16.1. The quantitative estimate of drug-likeness (QED) is 0.805. The molecule has 0 saturated heterocycles. The predicted octanol–water partition coefficient (Wildman–Crippen LogP) is 2.69. The molecule has 2 aromatic carbocycles. The minimum absolute atomic E-state index is 0.102. The van der Waals surface area contributed by atoms with E-state index in [1.165, 1.54) is 5.56 Å². The molecule has 1 N–H and O–H groups in total. The Kier molecular flexibility index (Phi) is 3.87. The Morgan fingerprint density at radius 2 is 2.09 bits per heavy atom. The molecule has 0 atom stereocenters. The molecule has 22 heavy (non-hydrogen) atoms. The van der Waals surface area contributed by atoms with E-state index < -0.39 is 0 Å². The van der Waals surface area contributed by atoms with Crippen LogP contribution in [-0.2, 0) is 13.1 Å². The first-order chi connectivity index (χ1) is 10.7. The van der Waals surface area contributed by atoms with Crippen molar-refractivity contribution >= 4 is 16.9 Å². The van der Waals surface area contributed by atoms with Crippen molar-refractivity contribution in [1.82, 2.24) is 20.3 Å². The van der Waals surface area contributed by atoms with E-state index in [1.807, 2.05) is 48.9 Å². The molecule has 1 amide bonds. The second-order valence-electron chi connectivity index (χ2n) is 5.28. The summed E-state index contributed by atoms with van der Waals surface area (Å²) in [5.41, 5.74) is 4.56. The van der Waals surface area contributed by atoms with Crippen LogP contribution < -0.4 is 5.32 Å². The van der Waals surface area contributed by atoms with Gasteiger partial charge in [-0.25, -0.2) is 4.68 Å². The van der Waals surface area contributed by atoms with E-state index in [1.54, 1.807) is 6.07 Å². The van der Waals surface area contributed by atoms with Crippen molar-refractivity contribution in [3.8, 4) is 0 Å². The summed E-state index contributed by atoms with van der Waals surface area (Å²) in [7, 11) is 0. The Balaban J connectivity index is 1.74. The maximum absolute atomic E-state index is 12.3. The normalized spacial score (nSPS) is 10.8. The van der Waals surface area contributed by atoms with Gasteiger partial charge in [0.15, 0.2) is 0 Å². The Morgan fingerprint density at radius 1 is 1.23 bits per heavy atom. The number of hydrogen-bond acceptors (Lipinski definition) is 3. The van der Waals surface area contributed by atoms with Gasteiger partial charge >= 0.3 is 0 Å². The summed E-state index contributed by atoms with van der Waals surface area (Å²) < 4.78 is 1.81. The number of aromatic nitrogens is 3. The van der Waals surface area contributed by atoms with Crippen molar-refractivity contribution in [1.29, 1.82) is 0 Å². The van der Waals surface area contributed by atoms with Crippen molar-refractivity contribution < 1.29 is 4.79 Å². The van der Waals surface area contributed by atoms with Crippen LogP contribution in [0, 0.1) is 6.92 Å². The van der Waals surface area contributed by atoms with Crippen molar-refractivity contribution in [2.75, 3.05) is 0 Å². The molecule has 0 aliphatic carbocycles. The third-order valence-corrected chi connectivity index (χ3v) is 3.61. The average Bonchev–Trinajstić information content (AvgIpc) is 2.95. The molecule has 0 bridgehead atoms. The van der Waals surface area contributed by atoms with Gasteiger partial charge in [0.2, 0.25) is 0 Å².